The number of benzene rings is 1. The molecule has 1 atom stereocenters. The molecule has 2 rings (SSSR count). The molecule has 0 saturated heterocycles. The maximum absolute atomic E-state index is 10.7. The second kappa shape index (κ2) is 4.03. The lowest BCUT2D eigenvalue weighted by molar-refractivity contribution is -0.138. The molecule has 0 aliphatic carbocycles. The van der Waals surface area contributed by atoms with Crippen molar-refractivity contribution in [3.05, 3.63) is 34.9 Å². The van der Waals surface area contributed by atoms with Gasteiger partial charge in [-0.15, -0.1) is 0 Å². The summed E-state index contributed by atoms with van der Waals surface area (Å²) in [6.45, 7) is 0. The SMILES string of the molecule is O=C(O)C1CCC(c2cccc(Cl)c2)=N1. The second-order valence-electron chi connectivity index (χ2n) is 3.48. The Hall–Kier alpha value is -1.35. The summed E-state index contributed by atoms with van der Waals surface area (Å²) in [7, 11) is 0. The molecular weight excluding hydrogens is 214 g/mol. The Labute approximate surface area is 92.4 Å². The van der Waals surface area contributed by atoms with Gasteiger partial charge in [-0.05, 0) is 30.5 Å². The number of hydrogen-bond acceptors (Lipinski definition) is 2. The van der Waals surface area contributed by atoms with Gasteiger partial charge < -0.3 is 5.11 Å². The third-order valence-corrected chi connectivity index (χ3v) is 2.64. The highest BCUT2D eigenvalue weighted by atomic mass is 35.5. The summed E-state index contributed by atoms with van der Waals surface area (Å²) < 4.78 is 0. The number of rotatable bonds is 2. The molecule has 1 aromatic rings. The van der Waals surface area contributed by atoms with E-state index in [9.17, 15) is 4.79 Å². The molecule has 4 heteroatoms. The van der Waals surface area contributed by atoms with Crippen LogP contribution in [0.15, 0.2) is 29.3 Å². The number of halogens is 1. The summed E-state index contributed by atoms with van der Waals surface area (Å²) in [5.41, 5.74) is 1.76. The topological polar surface area (TPSA) is 49.7 Å². The standard InChI is InChI=1S/C11H10ClNO2/c12-8-3-1-2-7(6-8)9-4-5-10(13-9)11(14)15/h1-3,6,10H,4-5H2,(H,14,15). The molecule has 1 aliphatic rings. The molecule has 0 spiro atoms. The number of carboxylic acids is 1. The molecule has 0 saturated carbocycles. The summed E-state index contributed by atoms with van der Waals surface area (Å²) >= 11 is 5.85. The van der Waals surface area contributed by atoms with Crippen LogP contribution in [0.25, 0.3) is 0 Å². The highest BCUT2D eigenvalue weighted by Crippen LogP contribution is 2.20. The van der Waals surface area contributed by atoms with Gasteiger partial charge in [-0.1, -0.05) is 23.7 Å². The van der Waals surface area contributed by atoms with E-state index in [0.717, 1.165) is 11.3 Å². The van der Waals surface area contributed by atoms with Gasteiger partial charge in [-0.2, -0.15) is 0 Å². The van der Waals surface area contributed by atoms with Crippen LogP contribution < -0.4 is 0 Å². The van der Waals surface area contributed by atoms with Crippen molar-refractivity contribution in [2.24, 2.45) is 4.99 Å². The van der Waals surface area contributed by atoms with Crippen LogP contribution in [0.4, 0.5) is 0 Å². The first-order chi connectivity index (χ1) is 7.16. The fourth-order valence-corrected chi connectivity index (χ4v) is 1.85. The summed E-state index contributed by atoms with van der Waals surface area (Å²) in [5.74, 6) is -0.855. The van der Waals surface area contributed by atoms with Crippen LogP contribution in [0.5, 0.6) is 0 Å². The Balaban J connectivity index is 2.26. The highest BCUT2D eigenvalue weighted by Gasteiger charge is 2.24. The molecule has 0 fully saturated rings. The molecule has 0 aromatic heterocycles. The van der Waals surface area contributed by atoms with E-state index < -0.39 is 12.0 Å². The molecule has 78 valence electrons. The molecule has 0 bridgehead atoms. The Morgan fingerprint density at radius 3 is 2.93 bits per heavy atom. The van der Waals surface area contributed by atoms with E-state index in [0.29, 0.717) is 17.9 Å². The molecule has 15 heavy (non-hydrogen) atoms. The largest absolute Gasteiger partial charge is 0.480 e. The number of aliphatic carboxylic acids is 1. The third-order valence-electron chi connectivity index (χ3n) is 2.41. The maximum Gasteiger partial charge on any atom is 0.328 e. The molecule has 1 unspecified atom stereocenters. The van der Waals surface area contributed by atoms with E-state index in [1.807, 2.05) is 18.2 Å². The zero-order chi connectivity index (χ0) is 10.8. The van der Waals surface area contributed by atoms with E-state index in [2.05, 4.69) is 4.99 Å². The van der Waals surface area contributed by atoms with Crippen molar-refractivity contribution in [3.63, 3.8) is 0 Å². The molecule has 1 N–H and O–H groups in total. The van der Waals surface area contributed by atoms with Crippen LogP contribution in [0, 0.1) is 0 Å². The normalized spacial score (nSPS) is 20.1. The average Bonchev–Trinajstić information content (AvgIpc) is 2.66. The van der Waals surface area contributed by atoms with Gasteiger partial charge in [0.25, 0.3) is 0 Å². The van der Waals surface area contributed by atoms with Crippen molar-refractivity contribution in [1.29, 1.82) is 0 Å². The number of carboxylic acid groups (broad SMARTS) is 1. The third kappa shape index (κ3) is 2.18. The Kier molecular flexibility index (Phi) is 2.73. The smallest absolute Gasteiger partial charge is 0.328 e. The minimum Gasteiger partial charge on any atom is -0.480 e. The molecule has 3 nitrogen and oxygen atoms in total. The number of nitrogens with zero attached hydrogens (tertiary/aromatic N) is 1. The number of hydrogen-bond donors (Lipinski definition) is 1. The van der Waals surface area contributed by atoms with Crippen molar-refractivity contribution >= 4 is 23.3 Å². The zero-order valence-corrected chi connectivity index (χ0v) is 8.74. The van der Waals surface area contributed by atoms with E-state index in [1.54, 1.807) is 6.07 Å². The summed E-state index contributed by atoms with van der Waals surface area (Å²) in [4.78, 5) is 14.9. The van der Waals surface area contributed by atoms with Crippen LogP contribution in [-0.4, -0.2) is 22.8 Å². The van der Waals surface area contributed by atoms with E-state index >= 15 is 0 Å². The Morgan fingerprint density at radius 1 is 1.53 bits per heavy atom. The van der Waals surface area contributed by atoms with Crippen molar-refractivity contribution in [2.45, 2.75) is 18.9 Å². The van der Waals surface area contributed by atoms with Crippen molar-refractivity contribution in [1.82, 2.24) is 0 Å². The van der Waals surface area contributed by atoms with Gasteiger partial charge in [0.05, 0.1) is 0 Å². The lowest BCUT2D eigenvalue weighted by atomic mass is 10.1. The second-order valence-corrected chi connectivity index (χ2v) is 3.92. The van der Waals surface area contributed by atoms with Crippen LogP contribution in [0.1, 0.15) is 18.4 Å². The van der Waals surface area contributed by atoms with Crippen molar-refractivity contribution in [2.75, 3.05) is 0 Å². The van der Waals surface area contributed by atoms with Gasteiger partial charge in [0.2, 0.25) is 0 Å². The predicted octanol–water partition coefficient (Wildman–Crippen LogP) is 2.38. The first-order valence-electron chi connectivity index (χ1n) is 4.72. The fourth-order valence-electron chi connectivity index (χ4n) is 1.66. The summed E-state index contributed by atoms with van der Waals surface area (Å²) in [6, 6.07) is 6.75. The van der Waals surface area contributed by atoms with Gasteiger partial charge in [-0.25, -0.2) is 4.79 Å². The minimum absolute atomic E-state index is 0.581. The molecular formula is C11H10ClNO2. The average molecular weight is 224 g/mol. The monoisotopic (exact) mass is 223 g/mol. The number of aliphatic imine (C=N–C) groups is 1. The molecule has 1 aromatic carbocycles. The minimum atomic E-state index is -0.855. The van der Waals surface area contributed by atoms with Gasteiger partial charge in [0, 0.05) is 10.7 Å². The maximum atomic E-state index is 10.7. The predicted molar refractivity (Wildman–Crippen MR) is 58.6 cm³/mol. The fraction of sp³-hybridized carbons (Fsp3) is 0.273. The summed E-state index contributed by atoms with van der Waals surface area (Å²) in [6.07, 6.45) is 1.29. The lowest BCUT2D eigenvalue weighted by Gasteiger charge is -1.99. The van der Waals surface area contributed by atoms with Crippen LogP contribution in [-0.2, 0) is 4.79 Å². The van der Waals surface area contributed by atoms with E-state index in [-0.39, 0.29) is 0 Å². The summed E-state index contributed by atoms with van der Waals surface area (Å²) in [5, 5.41) is 9.45. The molecule has 0 amide bonds. The Bertz CT molecular complexity index is 428. The Morgan fingerprint density at radius 2 is 2.33 bits per heavy atom. The first kappa shape index (κ1) is 10.2. The van der Waals surface area contributed by atoms with Crippen LogP contribution in [0.3, 0.4) is 0 Å². The molecule has 1 heterocycles. The first-order valence-corrected chi connectivity index (χ1v) is 5.10. The van der Waals surface area contributed by atoms with Crippen LogP contribution in [0.2, 0.25) is 5.02 Å². The van der Waals surface area contributed by atoms with Gasteiger partial charge in [0.1, 0.15) is 6.04 Å². The van der Waals surface area contributed by atoms with Gasteiger partial charge in [0.15, 0.2) is 0 Å². The highest BCUT2D eigenvalue weighted by molar-refractivity contribution is 6.31. The van der Waals surface area contributed by atoms with Gasteiger partial charge in [-0.3, -0.25) is 4.99 Å². The van der Waals surface area contributed by atoms with E-state index in [1.165, 1.54) is 0 Å². The van der Waals surface area contributed by atoms with Crippen molar-refractivity contribution < 1.29 is 9.90 Å². The molecule has 0 radical (unpaired) electrons. The van der Waals surface area contributed by atoms with Crippen LogP contribution >= 0.6 is 11.6 Å². The molecule has 1 aliphatic heterocycles. The van der Waals surface area contributed by atoms with E-state index in [4.69, 9.17) is 16.7 Å². The lowest BCUT2D eigenvalue weighted by Crippen LogP contribution is -2.13. The number of carbonyl (C=O) groups is 1. The van der Waals surface area contributed by atoms with Crippen molar-refractivity contribution in [3.8, 4) is 0 Å². The zero-order valence-electron chi connectivity index (χ0n) is 7.98. The van der Waals surface area contributed by atoms with Gasteiger partial charge >= 0.3 is 5.97 Å². The quantitative estimate of drug-likeness (QED) is 0.837.